The van der Waals surface area contributed by atoms with E-state index in [1.54, 1.807) is 0 Å². The Kier molecular flexibility index (Phi) is 2.35. The summed E-state index contributed by atoms with van der Waals surface area (Å²) in [6, 6.07) is 6.42. The number of methoxy groups -OCH3 is 1. The van der Waals surface area contributed by atoms with Crippen LogP contribution in [0.1, 0.15) is 0 Å². The van der Waals surface area contributed by atoms with Crippen molar-refractivity contribution in [1.29, 1.82) is 0 Å². The van der Waals surface area contributed by atoms with E-state index in [1.807, 2.05) is 0 Å². The normalized spacial score (nSPS) is 11.2. The van der Waals surface area contributed by atoms with Gasteiger partial charge in [0, 0.05) is 12.1 Å². The van der Waals surface area contributed by atoms with E-state index in [1.165, 1.54) is 25.3 Å². The van der Waals surface area contributed by atoms with E-state index in [0.717, 1.165) is 0 Å². The van der Waals surface area contributed by atoms with Gasteiger partial charge in [0.25, 0.3) is 10.1 Å². The van der Waals surface area contributed by atoms with Crippen molar-refractivity contribution in [2.45, 2.75) is 4.90 Å². The third kappa shape index (κ3) is 1.96. The van der Waals surface area contributed by atoms with Gasteiger partial charge in [0.1, 0.15) is 5.75 Å². The molecule has 65 valence electrons. The van der Waals surface area contributed by atoms with E-state index >= 15 is 0 Å². The number of hydrogen-bond acceptors (Lipinski definition) is 3. The molecule has 0 unspecified atom stereocenters. The smallest absolute Gasteiger partial charge is 0.294 e. The minimum atomic E-state index is -4.14. The van der Waals surface area contributed by atoms with Crippen molar-refractivity contribution >= 4 is 10.1 Å². The van der Waals surface area contributed by atoms with Crippen LogP contribution in [0.5, 0.6) is 5.75 Å². The molecule has 0 aliphatic rings. The third-order valence-corrected chi connectivity index (χ3v) is 2.11. The molecule has 0 heterocycles. The predicted octanol–water partition coefficient (Wildman–Crippen LogP) is 0.742. The van der Waals surface area contributed by atoms with Crippen LogP contribution in [-0.2, 0) is 10.1 Å². The van der Waals surface area contributed by atoms with Crippen LogP contribution in [0.15, 0.2) is 23.1 Å². The first-order valence-electron chi connectivity index (χ1n) is 3.07. The van der Waals surface area contributed by atoms with Crippen LogP contribution in [0.2, 0.25) is 0 Å². The highest BCUT2D eigenvalue weighted by molar-refractivity contribution is 7.85. The van der Waals surface area contributed by atoms with Crippen LogP contribution in [-0.4, -0.2) is 20.1 Å². The average Bonchev–Trinajstić information content (AvgIpc) is 2.03. The fourth-order valence-corrected chi connectivity index (χ4v) is 1.20. The highest BCUT2D eigenvalue weighted by Gasteiger charge is 2.09. The molecule has 0 aliphatic heterocycles. The molecule has 0 atom stereocenters. The van der Waals surface area contributed by atoms with Crippen LogP contribution < -0.4 is 4.74 Å². The van der Waals surface area contributed by atoms with Crippen molar-refractivity contribution < 1.29 is 17.7 Å². The fourth-order valence-electron chi connectivity index (χ4n) is 0.703. The zero-order valence-corrected chi connectivity index (χ0v) is 7.13. The lowest BCUT2D eigenvalue weighted by Crippen LogP contribution is -1.97. The molecular weight excluding hydrogens is 180 g/mol. The summed E-state index contributed by atoms with van der Waals surface area (Å²) >= 11 is 0. The maximum Gasteiger partial charge on any atom is 0.294 e. The van der Waals surface area contributed by atoms with Gasteiger partial charge in [0.05, 0.1) is 12.0 Å². The van der Waals surface area contributed by atoms with E-state index in [0.29, 0.717) is 0 Å². The van der Waals surface area contributed by atoms with Crippen LogP contribution in [0, 0.1) is 6.07 Å². The Hall–Kier alpha value is -1.07. The van der Waals surface area contributed by atoms with Gasteiger partial charge in [-0.2, -0.15) is 8.42 Å². The summed E-state index contributed by atoms with van der Waals surface area (Å²) in [7, 11) is -2.75. The molecule has 0 fully saturated rings. The van der Waals surface area contributed by atoms with Gasteiger partial charge in [-0.05, 0) is 12.1 Å². The predicted molar refractivity (Wildman–Crippen MR) is 41.6 cm³/mol. The maximum atomic E-state index is 10.6. The van der Waals surface area contributed by atoms with Gasteiger partial charge >= 0.3 is 0 Å². The summed E-state index contributed by atoms with van der Waals surface area (Å²) in [6.45, 7) is 0. The molecule has 4 nitrogen and oxygen atoms in total. The van der Waals surface area contributed by atoms with Crippen molar-refractivity contribution in [2.75, 3.05) is 7.11 Å². The van der Waals surface area contributed by atoms with E-state index in [2.05, 4.69) is 6.07 Å². The Labute approximate surface area is 70.5 Å². The van der Waals surface area contributed by atoms with Crippen LogP contribution >= 0.6 is 0 Å². The second-order valence-electron chi connectivity index (χ2n) is 2.07. The first-order chi connectivity index (χ1) is 5.54. The Bertz CT molecular complexity index is 369. The van der Waals surface area contributed by atoms with Gasteiger partial charge in [-0.25, -0.2) is 0 Å². The molecule has 1 aromatic carbocycles. The molecule has 0 bridgehead atoms. The third-order valence-electron chi connectivity index (χ3n) is 1.26. The van der Waals surface area contributed by atoms with E-state index in [4.69, 9.17) is 9.29 Å². The topological polar surface area (TPSA) is 63.6 Å². The molecule has 0 aromatic heterocycles. The summed E-state index contributed by atoms with van der Waals surface area (Å²) in [5, 5.41) is 0. The highest BCUT2D eigenvalue weighted by Crippen LogP contribution is 2.15. The number of ether oxygens (including phenoxy) is 1. The Balaban J connectivity index is 3.20. The second kappa shape index (κ2) is 3.12. The molecule has 0 saturated carbocycles. The molecule has 12 heavy (non-hydrogen) atoms. The van der Waals surface area contributed by atoms with Gasteiger partial charge in [-0.1, -0.05) is 0 Å². The van der Waals surface area contributed by atoms with Crippen molar-refractivity contribution in [3.05, 3.63) is 24.3 Å². The standard InChI is InChI=1S/C7H7O4S/c1-11-6-3-2-4-7(5-6)12(8,9)10/h2,4-5H,1H3,(H,8,9,10). The van der Waals surface area contributed by atoms with Crippen molar-refractivity contribution in [3.8, 4) is 5.75 Å². The number of hydrogen-bond donors (Lipinski definition) is 1. The monoisotopic (exact) mass is 187 g/mol. The average molecular weight is 187 g/mol. The minimum Gasteiger partial charge on any atom is -0.496 e. The summed E-state index contributed by atoms with van der Waals surface area (Å²) in [5.41, 5.74) is 0. The Morgan fingerprint density at radius 3 is 2.75 bits per heavy atom. The maximum absolute atomic E-state index is 10.6. The molecule has 5 heteroatoms. The highest BCUT2D eigenvalue weighted by atomic mass is 32.2. The number of rotatable bonds is 2. The molecule has 0 aliphatic carbocycles. The lowest BCUT2D eigenvalue weighted by atomic mass is 10.3. The molecule has 1 N–H and O–H groups in total. The molecule has 0 spiro atoms. The molecule has 1 radical (unpaired) electrons. The second-order valence-corrected chi connectivity index (χ2v) is 3.49. The van der Waals surface area contributed by atoms with Crippen LogP contribution in [0.4, 0.5) is 0 Å². The van der Waals surface area contributed by atoms with Gasteiger partial charge in [-0.15, -0.1) is 0 Å². The quantitative estimate of drug-likeness (QED) is 0.693. The fraction of sp³-hybridized carbons (Fsp3) is 0.143. The van der Waals surface area contributed by atoms with Gasteiger partial charge in [0.15, 0.2) is 0 Å². The van der Waals surface area contributed by atoms with Gasteiger partial charge in [-0.3, -0.25) is 4.55 Å². The summed E-state index contributed by atoms with van der Waals surface area (Å²) in [5.74, 6) is 0.269. The first kappa shape index (κ1) is 9.02. The van der Waals surface area contributed by atoms with Gasteiger partial charge in [0.2, 0.25) is 0 Å². The summed E-state index contributed by atoms with van der Waals surface area (Å²) < 4.78 is 34.5. The zero-order valence-electron chi connectivity index (χ0n) is 6.31. The van der Waals surface area contributed by atoms with E-state index in [9.17, 15) is 8.42 Å². The summed E-state index contributed by atoms with van der Waals surface area (Å²) in [4.78, 5) is -0.196. The van der Waals surface area contributed by atoms with Crippen molar-refractivity contribution in [3.63, 3.8) is 0 Å². The van der Waals surface area contributed by atoms with Crippen LogP contribution in [0.25, 0.3) is 0 Å². The molecule has 0 amide bonds. The molecular formula is C7H7O4S. The van der Waals surface area contributed by atoms with E-state index < -0.39 is 10.1 Å². The molecule has 1 aromatic rings. The molecule has 0 saturated heterocycles. The SMILES string of the molecule is COc1[c]ccc(S(=O)(=O)O)c1. The Morgan fingerprint density at radius 2 is 2.25 bits per heavy atom. The molecule has 1 rings (SSSR count). The zero-order chi connectivity index (χ0) is 9.19. The number of benzene rings is 1. The minimum absolute atomic E-state index is 0.196. The van der Waals surface area contributed by atoms with Crippen molar-refractivity contribution in [1.82, 2.24) is 0 Å². The summed E-state index contributed by atoms with van der Waals surface area (Å²) in [6.07, 6.45) is 0. The largest absolute Gasteiger partial charge is 0.496 e. The van der Waals surface area contributed by atoms with Crippen molar-refractivity contribution in [2.24, 2.45) is 0 Å². The van der Waals surface area contributed by atoms with Gasteiger partial charge < -0.3 is 4.74 Å². The lowest BCUT2D eigenvalue weighted by Gasteiger charge is -1.99. The lowest BCUT2D eigenvalue weighted by molar-refractivity contribution is 0.411. The van der Waals surface area contributed by atoms with Crippen LogP contribution in [0.3, 0.4) is 0 Å². The first-order valence-corrected chi connectivity index (χ1v) is 4.51. The van der Waals surface area contributed by atoms with E-state index in [-0.39, 0.29) is 10.6 Å². The Morgan fingerprint density at radius 1 is 1.58 bits per heavy atom.